The second-order valence-corrected chi connectivity index (χ2v) is 3.86. The summed E-state index contributed by atoms with van der Waals surface area (Å²) >= 11 is 0. The van der Waals surface area contributed by atoms with Crippen molar-refractivity contribution in [3.63, 3.8) is 0 Å². The molecular weight excluding hydrogens is 228 g/mol. The molecule has 8 heteroatoms. The Labute approximate surface area is 96.8 Å². The minimum absolute atomic E-state index is 0.0112. The van der Waals surface area contributed by atoms with Crippen molar-refractivity contribution in [1.82, 2.24) is 9.55 Å². The van der Waals surface area contributed by atoms with Crippen molar-refractivity contribution in [1.29, 1.82) is 0 Å². The number of anilines is 1. The number of ether oxygens (including phenoxy) is 1. The van der Waals surface area contributed by atoms with Gasteiger partial charge in [-0.3, -0.25) is 4.79 Å². The molecule has 2 rings (SSSR count). The average Bonchev–Trinajstić information content (AvgIpc) is 2.81. The number of amides is 1. The number of primary amides is 1. The molecule has 1 amide bonds. The Morgan fingerprint density at radius 2 is 2.41 bits per heavy atom. The first-order chi connectivity index (χ1) is 8.06. The number of rotatable bonds is 3. The minimum atomic E-state index is -0.938. The summed E-state index contributed by atoms with van der Waals surface area (Å²) in [6.45, 7) is -0.143. The number of nitrogens with zero attached hydrogens (tertiary/aromatic N) is 2. The zero-order chi connectivity index (χ0) is 12.6. The van der Waals surface area contributed by atoms with Crippen molar-refractivity contribution in [2.45, 2.75) is 18.2 Å². The third kappa shape index (κ3) is 1.86. The highest BCUT2D eigenvalue weighted by atomic mass is 16.5. The van der Waals surface area contributed by atoms with E-state index in [1.165, 1.54) is 10.9 Å². The van der Waals surface area contributed by atoms with Gasteiger partial charge in [0.2, 0.25) is 0 Å². The van der Waals surface area contributed by atoms with Gasteiger partial charge in [0.15, 0.2) is 11.5 Å². The van der Waals surface area contributed by atoms with Crippen LogP contribution in [0, 0.1) is 0 Å². The van der Waals surface area contributed by atoms with E-state index in [0.29, 0.717) is 0 Å². The van der Waals surface area contributed by atoms with Gasteiger partial charge in [0.25, 0.3) is 5.91 Å². The summed E-state index contributed by atoms with van der Waals surface area (Å²) in [6, 6.07) is -0.528. The fraction of sp³-hybridized carbons (Fsp3) is 0.556. The molecule has 3 atom stereocenters. The molecule has 6 N–H and O–H groups in total. The average molecular weight is 242 g/mol. The Morgan fingerprint density at radius 3 is 2.94 bits per heavy atom. The highest BCUT2D eigenvalue weighted by molar-refractivity contribution is 5.95. The summed E-state index contributed by atoms with van der Waals surface area (Å²) in [5, 5.41) is 18.8. The lowest BCUT2D eigenvalue weighted by Gasteiger charge is -2.18. The van der Waals surface area contributed by atoms with Crippen molar-refractivity contribution < 1.29 is 19.7 Å². The van der Waals surface area contributed by atoms with E-state index in [1.54, 1.807) is 0 Å². The van der Waals surface area contributed by atoms with Crippen molar-refractivity contribution >= 4 is 11.7 Å². The van der Waals surface area contributed by atoms with Crippen LogP contribution in [-0.4, -0.2) is 51.1 Å². The number of aromatic nitrogens is 2. The summed E-state index contributed by atoms with van der Waals surface area (Å²) in [5.41, 5.74) is 10.7. The lowest BCUT2D eigenvalue weighted by molar-refractivity contribution is 0.00196. The minimum Gasteiger partial charge on any atom is -0.394 e. The van der Waals surface area contributed by atoms with Crippen LogP contribution in [0.15, 0.2) is 6.33 Å². The quantitative estimate of drug-likeness (QED) is 0.477. The van der Waals surface area contributed by atoms with Gasteiger partial charge in [-0.1, -0.05) is 0 Å². The molecule has 0 aromatic carbocycles. The van der Waals surface area contributed by atoms with E-state index in [-0.39, 0.29) is 24.7 Å². The van der Waals surface area contributed by atoms with E-state index in [0.717, 1.165) is 0 Å². The topological polar surface area (TPSA) is 137 Å². The van der Waals surface area contributed by atoms with Gasteiger partial charge < -0.3 is 31.0 Å². The van der Waals surface area contributed by atoms with E-state index < -0.39 is 24.2 Å². The molecule has 0 saturated carbocycles. The molecular formula is C9H14N4O4. The van der Waals surface area contributed by atoms with Crippen LogP contribution >= 0.6 is 0 Å². The predicted octanol–water partition coefficient (Wildman–Crippen LogP) is -2.14. The molecule has 1 saturated heterocycles. The highest BCUT2D eigenvalue weighted by Crippen LogP contribution is 2.27. The Morgan fingerprint density at radius 1 is 1.71 bits per heavy atom. The number of hydrogen-bond donors (Lipinski definition) is 4. The van der Waals surface area contributed by atoms with Crippen LogP contribution < -0.4 is 11.5 Å². The molecule has 1 fully saturated rings. The molecule has 1 aliphatic heterocycles. The van der Waals surface area contributed by atoms with Gasteiger partial charge in [-0.2, -0.15) is 0 Å². The van der Waals surface area contributed by atoms with Crippen molar-refractivity contribution in [3.8, 4) is 0 Å². The second-order valence-electron chi connectivity index (χ2n) is 3.86. The first-order valence-electron chi connectivity index (χ1n) is 5.09. The molecule has 0 radical (unpaired) electrons. The van der Waals surface area contributed by atoms with Crippen LogP contribution in [0.3, 0.4) is 0 Å². The summed E-state index contributed by atoms with van der Waals surface area (Å²) in [7, 11) is 0. The SMILES string of the molecule is NC(=O)c1c(N)ncn1[C@@H]1CO[C@H](CO)[C@@H]1O. The van der Waals surface area contributed by atoms with E-state index in [2.05, 4.69) is 4.98 Å². The zero-order valence-corrected chi connectivity index (χ0v) is 8.98. The number of carbonyl (C=O) groups excluding carboxylic acids is 1. The molecule has 1 aromatic heterocycles. The number of nitrogens with two attached hydrogens (primary N) is 2. The van der Waals surface area contributed by atoms with Crippen molar-refractivity contribution in [3.05, 3.63) is 12.0 Å². The number of aliphatic hydroxyl groups excluding tert-OH is 2. The molecule has 17 heavy (non-hydrogen) atoms. The number of imidazole rings is 1. The Balaban J connectivity index is 2.32. The number of nitrogen functional groups attached to an aromatic ring is 1. The van der Waals surface area contributed by atoms with Crippen molar-refractivity contribution in [2.24, 2.45) is 5.73 Å². The maximum Gasteiger partial charge on any atom is 0.269 e. The Bertz CT molecular complexity index is 433. The molecule has 0 bridgehead atoms. The zero-order valence-electron chi connectivity index (χ0n) is 8.98. The first kappa shape index (κ1) is 11.8. The summed E-state index contributed by atoms with van der Waals surface area (Å²) in [6.07, 6.45) is -0.289. The van der Waals surface area contributed by atoms with Gasteiger partial charge in [-0.05, 0) is 0 Å². The van der Waals surface area contributed by atoms with Gasteiger partial charge in [-0.25, -0.2) is 4.98 Å². The molecule has 0 spiro atoms. The lowest BCUT2D eigenvalue weighted by Crippen LogP contribution is -2.32. The standard InChI is InChI=1S/C9H14N4O4/c10-8-6(9(11)16)13(3-12-8)4-2-17-5(1-14)7(4)15/h3-5,7,14-15H,1-2,10H2,(H2,11,16)/t4-,5-,7-/m1/s1. The van der Waals surface area contributed by atoms with Crippen LogP contribution in [-0.2, 0) is 4.74 Å². The number of aliphatic hydroxyl groups is 2. The van der Waals surface area contributed by atoms with Crippen LogP contribution in [0.1, 0.15) is 16.5 Å². The van der Waals surface area contributed by atoms with E-state index >= 15 is 0 Å². The normalized spacial score (nSPS) is 28.5. The van der Waals surface area contributed by atoms with Crippen LogP contribution in [0.25, 0.3) is 0 Å². The summed E-state index contributed by atoms with van der Waals surface area (Å²) < 4.78 is 6.57. The Hall–Kier alpha value is -1.64. The number of carbonyl (C=O) groups is 1. The van der Waals surface area contributed by atoms with Crippen molar-refractivity contribution in [2.75, 3.05) is 18.9 Å². The molecule has 1 aromatic rings. The van der Waals surface area contributed by atoms with Gasteiger partial charge in [0.05, 0.1) is 25.6 Å². The molecule has 8 nitrogen and oxygen atoms in total. The fourth-order valence-electron chi connectivity index (χ4n) is 1.95. The predicted molar refractivity (Wildman–Crippen MR) is 57.0 cm³/mol. The largest absolute Gasteiger partial charge is 0.394 e. The van der Waals surface area contributed by atoms with Crippen LogP contribution in [0.5, 0.6) is 0 Å². The summed E-state index contributed by atoms with van der Waals surface area (Å²) in [5.74, 6) is -0.711. The monoisotopic (exact) mass is 242 g/mol. The van der Waals surface area contributed by atoms with Gasteiger partial charge >= 0.3 is 0 Å². The second kappa shape index (κ2) is 4.32. The molecule has 0 unspecified atom stereocenters. The van der Waals surface area contributed by atoms with Gasteiger partial charge in [-0.15, -0.1) is 0 Å². The maximum absolute atomic E-state index is 11.2. The van der Waals surface area contributed by atoms with Crippen LogP contribution in [0.2, 0.25) is 0 Å². The maximum atomic E-state index is 11.2. The first-order valence-corrected chi connectivity index (χ1v) is 5.09. The molecule has 1 aliphatic rings. The van der Waals surface area contributed by atoms with E-state index in [4.69, 9.17) is 21.3 Å². The number of hydrogen-bond acceptors (Lipinski definition) is 6. The Kier molecular flexibility index (Phi) is 3.01. The highest BCUT2D eigenvalue weighted by Gasteiger charge is 2.38. The summed E-state index contributed by atoms with van der Waals surface area (Å²) in [4.78, 5) is 15.0. The molecule has 2 heterocycles. The van der Waals surface area contributed by atoms with E-state index in [9.17, 15) is 9.90 Å². The molecule has 0 aliphatic carbocycles. The van der Waals surface area contributed by atoms with Crippen LogP contribution in [0.4, 0.5) is 5.82 Å². The fourth-order valence-corrected chi connectivity index (χ4v) is 1.95. The van der Waals surface area contributed by atoms with Gasteiger partial charge in [0, 0.05) is 0 Å². The van der Waals surface area contributed by atoms with Gasteiger partial charge in [0.1, 0.15) is 12.2 Å². The van der Waals surface area contributed by atoms with E-state index in [1.807, 2.05) is 0 Å². The third-order valence-corrected chi connectivity index (χ3v) is 2.85. The lowest BCUT2D eigenvalue weighted by atomic mass is 10.1. The smallest absolute Gasteiger partial charge is 0.269 e. The third-order valence-electron chi connectivity index (χ3n) is 2.85. The molecule has 94 valence electrons.